The highest BCUT2D eigenvalue weighted by atomic mass is 32.1. The van der Waals surface area contributed by atoms with Gasteiger partial charge in [0.25, 0.3) is 0 Å². The van der Waals surface area contributed by atoms with Gasteiger partial charge < -0.3 is 10.1 Å². The maximum atomic E-state index is 13.0. The van der Waals surface area contributed by atoms with Crippen molar-refractivity contribution in [3.63, 3.8) is 0 Å². The highest BCUT2D eigenvalue weighted by molar-refractivity contribution is 7.14. The molecule has 0 unspecified atom stereocenters. The third-order valence-corrected chi connectivity index (χ3v) is 4.67. The molecule has 4 nitrogen and oxygen atoms in total. The van der Waals surface area contributed by atoms with Gasteiger partial charge in [0, 0.05) is 0 Å². The first-order valence-corrected chi connectivity index (χ1v) is 8.65. The second kappa shape index (κ2) is 7.77. The zero-order valence-electron chi connectivity index (χ0n) is 13.6. The molecule has 0 radical (unpaired) electrons. The van der Waals surface area contributed by atoms with Gasteiger partial charge in [0.05, 0.1) is 18.6 Å². The van der Waals surface area contributed by atoms with Crippen LogP contribution in [0.25, 0.3) is 0 Å². The van der Waals surface area contributed by atoms with E-state index >= 15 is 0 Å². The molecule has 126 valence electrons. The maximum Gasteiger partial charge on any atom is 0.340 e. The molecule has 0 fully saturated rings. The third-order valence-electron chi connectivity index (χ3n) is 3.84. The zero-order chi connectivity index (χ0) is 17.6. The van der Waals surface area contributed by atoms with Gasteiger partial charge in [0.1, 0.15) is 5.00 Å². The Labute approximate surface area is 150 Å². The fraction of sp³-hybridized carbons (Fsp3) is 0.100. The Hall–Kier alpha value is -2.92. The van der Waals surface area contributed by atoms with Crippen molar-refractivity contribution in [1.82, 2.24) is 0 Å². The second-order valence-electron chi connectivity index (χ2n) is 5.40. The molecule has 0 atom stereocenters. The van der Waals surface area contributed by atoms with Crippen molar-refractivity contribution in [2.75, 3.05) is 12.4 Å². The SMILES string of the molecule is COC(=O)c1ccsc1NC(=O)C(c1ccccc1)c1ccccc1. The second-order valence-corrected chi connectivity index (χ2v) is 6.31. The predicted molar refractivity (Wildman–Crippen MR) is 99.0 cm³/mol. The van der Waals surface area contributed by atoms with Crippen LogP contribution in [0.1, 0.15) is 27.4 Å². The van der Waals surface area contributed by atoms with Crippen LogP contribution in [0.5, 0.6) is 0 Å². The first kappa shape index (κ1) is 16.9. The average Bonchev–Trinajstić information content (AvgIpc) is 3.11. The summed E-state index contributed by atoms with van der Waals surface area (Å²) < 4.78 is 4.76. The van der Waals surface area contributed by atoms with E-state index in [4.69, 9.17) is 4.74 Å². The number of amides is 1. The number of thiophene rings is 1. The molecule has 1 N–H and O–H groups in total. The zero-order valence-corrected chi connectivity index (χ0v) is 14.5. The summed E-state index contributed by atoms with van der Waals surface area (Å²) in [5.74, 6) is -1.12. The lowest BCUT2D eigenvalue weighted by Crippen LogP contribution is -2.22. The molecule has 2 aromatic carbocycles. The van der Waals surface area contributed by atoms with E-state index in [9.17, 15) is 9.59 Å². The molecule has 0 aliphatic rings. The van der Waals surface area contributed by atoms with Crippen LogP contribution in [0.2, 0.25) is 0 Å². The number of carbonyl (C=O) groups excluding carboxylic acids is 2. The molecule has 0 bridgehead atoms. The highest BCUT2D eigenvalue weighted by Crippen LogP contribution is 2.29. The Bertz CT molecular complexity index is 819. The molecule has 25 heavy (non-hydrogen) atoms. The summed E-state index contributed by atoms with van der Waals surface area (Å²) in [6.07, 6.45) is 0. The molecule has 1 amide bonds. The quantitative estimate of drug-likeness (QED) is 0.697. The number of hydrogen-bond donors (Lipinski definition) is 1. The van der Waals surface area contributed by atoms with Crippen LogP contribution in [0.3, 0.4) is 0 Å². The molecular formula is C20H17NO3S. The molecular weight excluding hydrogens is 334 g/mol. The van der Waals surface area contributed by atoms with E-state index in [2.05, 4.69) is 5.32 Å². The van der Waals surface area contributed by atoms with Crippen LogP contribution in [0.4, 0.5) is 5.00 Å². The van der Waals surface area contributed by atoms with Crippen molar-refractivity contribution in [3.05, 3.63) is 88.8 Å². The van der Waals surface area contributed by atoms with Crippen molar-refractivity contribution >= 4 is 28.2 Å². The van der Waals surface area contributed by atoms with Crippen LogP contribution < -0.4 is 5.32 Å². The minimum Gasteiger partial charge on any atom is -0.465 e. The van der Waals surface area contributed by atoms with Crippen LogP contribution in [0, 0.1) is 0 Å². The molecule has 1 aromatic heterocycles. The lowest BCUT2D eigenvalue weighted by Gasteiger charge is -2.17. The van der Waals surface area contributed by atoms with E-state index in [0.717, 1.165) is 11.1 Å². The van der Waals surface area contributed by atoms with Crippen molar-refractivity contribution < 1.29 is 14.3 Å². The number of carbonyl (C=O) groups is 2. The van der Waals surface area contributed by atoms with Gasteiger partial charge in [-0.3, -0.25) is 4.79 Å². The number of benzene rings is 2. The first-order chi connectivity index (χ1) is 12.2. The summed E-state index contributed by atoms with van der Waals surface area (Å²) in [5.41, 5.74) is 2.14. The number of nitrogens with one attached hydrogen (secondary N) is 1. The molecule has 0 spiro atoms. The molecule has 0 aliphatic carbocycles. The minimum atomic E-state index is -0.465. The van der Waals surface area contributed by atoms with Crippen LogP contribution in [0.15, 0.2) is 72.1 Å². The topological polar surface area (TPSA) is 55.4 Å². The van der Waals surface area contributed by atoms with E-state index in [1.807, 2.05) is 60.7 Å². The van der Waals surface area contributed by atoms with Gasteiger partial charge in [-0.1, -0.05) is 60.7 Å². The van der Waals surface area contributed by atoms with E-state index in [1.165, 1.54) is 18.4 Å². The molecule has 3 aromatic rings. The summed E-state index contributed by atoms with van der Waals surface area (Å²) in [5, 5.41) is 5.13. The number of ether oxygens (including phenoxy) is 1. The van der Waals surface area contributed by atoms with E-state index in [-0.39, 0.29) is 5.91 Å². The summed E-state index contributed by atoms with van der Waals surface area (Å²) in [6, 6.07) is 20.8. The van der Waals surface area contributed by atoms with E-state index < -0.39 is 11.9 Å². The standard InChI is InChI=1S/C20H17NO3S/c1-24-20(23)16-12-13-25-19(16)21-18(22)17(14-8-4-2-5-9-14)15-10-6-3-7-11-15/h2-13,17H,1H3,(H,21,22). The Morgan fingerprint density at radius 3 is 2.00 bits per heavy atom. The largest absolute Gasteiger partial charge is 0.465 e. The van der Waals surface area contributed by atoms with Crippen LogP contribution in [-0.4, -0.2) is 19.0 Å². The fourth-order valence-electron chi connectivity index (χ4n) is 2.65. The average molecular weight is 351 g/mol. The fourth-order valence-corrected chi connectivity index (χ4v) is 3.43. The van der Waals surface area contributed by atoms with Gasteiger partial charge in [-0.2, -0.15) is 0 Å². The molecule has 5 heteroatoms. The Balaban J connectivity index is 1.93. The van der Waals surface area contributed by atoms with E-state index in [1.54, 1.807) is 11.4 Å². The van der Waals surface area contributed by atoms with Crippen molar-refractivity contribution in [2.45, 2.75) is 5.92 Å². The van der Waals surface area contributed by atoms with Gasteiger partial charge in [0.2, 0.25) is 5.91 Å². The predicted octanol–water partition coefficient (Wildman–Crippen LogP) is 4.31. The van der Waals surface area contributed by atoms with Crippen molar-refractivity contribution in [2.24, 2.45) is 0 Å². The number of anilines is 1. The molecule has 0 aliphatic heterocycles. The number of methoxy groups -OCH3 is 1. The summed E-state index contributed by atoms with van der Waals surface area (Å²) in [7, 11) is 1.32. The first-order valence-electron chi connectivity index (χ1n) is 7.77. The van der Waals surface area contributed by atoms with Gasteiger partial charge >= 0.3 is 5.97 Å². The summed E-state index contributed by atoms with van der Waals surface area (Å²) in [6.45, 7) is 0. The van der Waals surface area contributed by atoms with Gasteiger partial charge in [-0.15, -0.1) is 11.3 Å². The Morgan fingerprint density at radius 1 is 0.920 bits per heavy atom. The normalized spacial score (nSPS) is 10.5. The number of hydrogen-bond acceptors (Lipinski definition) is 4. The van der Waals surface area contributed by atoms with Gasteiger partial charge in [0.15, 0.2) is 0 Å². The monoisotopic (exact) mass is 351 g/mol. The number of rotatable bonds is 5. The lowest BCUT2D eigenvalue weighted by atomic mass is 9.90. The number of esters is 1. The highest BCUT2D eigenvalue weighted by Gasteiger charge is 2.24. The lowest BCUT2D eigenvalue weighted by molar-refractivity contribution is -0.116. The van der Waals surface area contributed by atoms with Crippen molar-refractivity contribution in [3.8, 4) is 0 Å². The van der Waals surface area contributed by atoms with Gasteiger partial charge in [-0.25, -0.2) is 4.79 Å². The molecule has 1 heterocycles. The third kappa shape index (κ3) is 3.78. The molecule has 3 rings (SSSR count). The summed E-state index contributed by atoms with van der Waals surface area (Å²) >= 11 is 1.30. The smallest absolute Gasteiger partial charge is 0.340 e. The molecule has 0 saturated carbocycles. The van der Waals surface area contributed by atoms with Crippen LogP contribution in [-0.2, 0) is 9.53 Å². The minimum absolute atomic E-state index is 0.190. The van der Waals surface area contributed by atoms with Gasteiger partial charge in [-0.05, 0) is 22.6 Å². The molecule has 0 saturated heterocycles. The van der Waals surface area contributed by atoms with E-state index in [0.29, 0.717) is 10.6 Å². The van der Waals surface area contributed by atoms with Crippen LogP contribution >= 0.6 is 11.3 Å². The Kier molecular flexibility index (Phi) is 5.26. The maximum absolute atomic E-state index is 13.0. The van der Waals surface area contributed by atoms with Crippen molar-refractivity contribution in [1.29, 1.82) is 0 Å². The summed E-state index contributed by atoms with van der Waals surface area (Å²) in [4.78, 5) is 24.8. The Morgan fingerprint density at radius 2 is 1.48 bits per heavy atom.